The Morgan fingerprint density at radius 1 is 1.43 bits per heavy atom. The zero-order chi connectivity index (χ0) is 10.2. The van der Waals surface area contributed by atoms with Crippen LogP contribution in [-0.2, 0) is 4.74 Å². The Kier molecular flexibility index (Phi) is 4.46. The summed E-state index contributed by atoms with van der Waals surface area (Å²) in [5.74, 6) is 0. The molecule has 1 rings (SSSR count). The fourth-order valence-electron chi connectivity index (χ4n) is 1.21. The summed E-state index contributed by atoms with van der Waals surface area (Å²) >= 11 is 0. The molecule has 0 heterocycles. The van der Waals surface area contributed by atoms with E-state index in [1.165, 1.54) is 0 Å². The van der Waals surface area contributed by atoms with Crippen molar-refractivity contribution in [1.82, 2.24) is 0 Å². The molecule has 1 atom stereocenters. The monoisotopic (exact) mass is 187 g/mol. The highest BCUT2D eigenvalue weighted by Crippen LogP contribution is 2.20. The molecule has 14 heavy (non-hydrogen) atoms. The van der Waals surface area contributed by atoms with Crippen LogP contribution < -0.4 is 0 Å². The topological polar surface area (TPSA) is 33.0 Å². The van der Waals surface area contributed by atoms with E-state index >= 15 is 0 Å². The number of nitrogens with zero attached hydrogens (tertiary/aromatic N) is 1. The van der Waals surface area contributed by atoms with Gasteiger partial charge in [-0.05, 0) is 5.56 Å². The number of hydrogen-bond acceptors (Lipinski definition) is 2. The third-order valence-corrected chi connectivity index (χ3v) is 1.86. The van der Waals surface area contributed by atoms with Crippen LogP contribution in [0.2, 0.25) is 0 Å². The van der Waals surface area contributed by atoms with Crippen LogP contribution in [0.15, 0.2) is 43.0 Å². The number of rotatable bonds is 5. The molecule has 0 aromatic heterocycles. The van der Waals surface area contributed by atoms with Crippen LogP contribution in [0.5, 0.6) is 0 Å². The Balaban J connectivity index is 2.68. The van der Waals surface area contributed by atoms with Gasteiger partial charge in [0.15, 0.2) is 0 Å². The highest BCUT2D eigenvalue weighted by atomic mass is 16.5. The fourth-order valence-corrected chi connectivity index (χ4v) is 1.21. The summed E-state index contributed by atoms with van der Waals surface area (Å²) in [6.07, 6.45) is 1.92. The van der Waals surface area contributed by atoms with Crippen LogP contribution in [0.1, 0.15) is 18.1 Å². The van der Waals surface area contributed by atoms with Crippen LogP contribution in [-0.4, -0.2) is 6.61 Å². The van der Waals surface area contributed by atoms with E-state index in [1.54, 1.807) is 6.08 Å². The first-order chi connectivity index (χ1) is 6.88. The van der Waals surface area contributed by atoms with E-state index < -0.39 is 0 Å². The number of nitriles is 1. The second kappa shape index (κ2) is 5.95. The van der Waals surface area contributed by atoms with Gasteiger partial charge in [-0.1, -0.05) is 36.4 Å². The second-order valence-electron chi connectivity index (χ2n) is 2.88. The van der Waals surface area contributed by atoms with Crippen LogP contribution in [0.3, 0.4) is 0 Å². The third-order valence-electron chi connectivity index (χ3n) is 1.86. The van der Waals surface area contributed by atoms with Gasteiger partial charge in [0.2, 0.25) is 0 Å². The van der Waals surface area contributed by atoms with E-state index in [0.717, 1.165) is 5.56 Å². The highest BCUT2D eigenvalue weighted by Gasteiger charge is 2.09. The first-order valence-corrected chi connectivity index (χ1v) is 4.53. The number of benzene rings is 1. The normalized spacial score (nSPS) is 11.6. The van der Waals surface area contributed by atoms with Crippen molar-refractivity contribution >= 4 is 0 Å². The SMILES string of the molecule is C=CCO[C@H](CC#N)c1ccccc1. The molecule has 1 aromatic carbocycles. The number of hydrogen-bond donors (Lipinski definition) is 0. The summed E-state index contributed by atoms with van der Waals surface area (Å²) in [5, 5.41) is 8.64. The van der Waals surface area contributed by atoms with Gasteiger partial charge >= 0.3 is 0 Å². The molecule has 72 valence electrons. The van der Waals surface area contributed by atoms with E-state index in [2.05, 4.69) is 12.6 Å². The Morgan fingerprint density at radius 2 is 2.14 bits per heavy atom. The van der Waals surface area contributed by atoms with E-state index in [4.69, 9.17) is 10.00 Å². The molecule has 0 unspecified atom stereocenters. The van der Waals surface area contributed by atoms with Crippen molar-refractivity contribution in [2.45, 2.75) is 12.5 Å². The van der Waals surface area contributed by atoms with Gasteiger partial charge in [-0.2, -0.15) is 5.26 Å². The lowest BCUT2D eigenvalue weighted by atomic mass is 10.1. The zero-order valence-corrected chi connectivity index (χ0v) is 8.02. The van der Waals surface area contributed by atoms with Gasteiger partial charge in [0, 0.05) is 0 Å². The average molecular weight is 187 g/mol. The minimum atomic E-state index is -0.140. The molecule has 2 nitrogen and oxygen atoms in total. The largest absolute Gasteiger partial charge is 0.368 e. The first kappa shape index (κ1) is 10.5. The van der Waals surface area contributed by atoms with Crippen LogP contribution >= 0.6 is 0 Å². The van der Waals surface area contributed by atoms with Crippen molar-refractivity contribution < 1.29 is 4.74 Å². The molecule has 2 heteroatoms. The zero-order valence-electron chi connectivity index (χ0n) is 8.02. The smallest absolute Gasteiger partial charge is 0.0959 e. The summed E-state index contributed by atoms with van der Waals surface area (Å²) in [7, 11) is 0. The maximum atomic E-state index is 8.64. The molecular weight excluding hydrogens is 174 g/mol. The first-order valence-electron chi connectivity index (χ1n) is 4.53. The lowest BCUT2D eigenvalue weighted by Gasteiger charge is -2.13. The van der Waals surface area contributed by atoms with Gasteiger partial charge in [-0.3, -0.25) is 0 Å². The van der Waals surface area contributed by atoms with Gasteiger partial charge < -0.3 is 4.74 Å². The van der Waals surface area contributed by atoms with Crippen molar-refractivity contribution in [3.8, 4) is 6.07 Å². The molecule has 0 spiro atoms. The molecular formula is C12H13NO. The molecule has 0 saturated carbocycles. The number of ether oxygens (including phenoxy) is 1. The average Bonchev–Trinajstić information content (AvgIpc) is 2.25. The Hall–Kier alpha value is -1.59. The molecule has 0 aliphatic rings. The van der Waals surface area contributed by atoms with E-state index in [1.807, 2.05) is 30.3 Å². The van der Waals surface area contributed by atoms with Gasteiger partial charge in [0.25, 0.3) is 0 Å². The molecule has 0 aliphatic heterocycles. The van der Waals surface area contributed by atoms with E-state index in [-0.39, 0.29) is 6.10 Å². The molecule has 0 aliphatic carbocycles. The van der Waals surface area contributed by atoms with Crippen molar-refractivity contribution in [3.63, 3.8) is 0 Å². The van der Waals surface area contributed by atoms with Crippen LogP contribution in [0.25, 0.3) is 0 Å². The second-order valence-corrected chi connectivity index (χ2v) is 2.88. The highest BCUT2D eigenvalue weighted by molar-refractivity contribution is 5.18. The Morgan fingerprint density at radius 3 is 2.71 bits per heavy atom. The van der Waals surface area contributed by atoms with E-state index in [0.29, 0.717) is 13.0 Å². The molecule has 0 bridgehead atoms. The van der Waals surface area contributed by atoms with Crippen LogP contribution in [0, 0.1) is 11.3 Å². The molecule has 0 N–H and O–H groups in total. The third kappa shape index (κ3) is 3.04. The minimum absolute atomic E-state index is 0.140. The minimum Gasteiger partial charge on any atom is -0.368 e. The van der Waals surface area contributed by atoms with Gasteiger partial charge in [-0.25, -0.2) is 0 Å². The van der Waals surface area contributed by atoms with Crippen LogP contribution in [0.4, 0.5) is 0 Å². The van der Waals surface area contributed by atoms with Crippen molar-refractivity contribution in [2.75, 3.05) is 6.61 Å². The maximum Gasteiger partial charge on any atom is 0.0959 e. The summed E-state index contributed by atoms with van der Waals surface area (Å²) in [6, 6.07) is 11.9. The summed E-state index contributed by atoms with van der Waals surface area (Å²) in [5.41, 5.74) is 1.04. The standard InChI is InChI=1S/C12H13NO/c1-2-10-14-12(8-9-13)11-6-4-3-5-7-11/h2-7,12H,1,8,10H2/t12-/m1/s1. The molecule has 0 saturated heterocycles. The summed E-state index contributed by atoms with van der Waals surface area (Å²) in [4.78, 5) is 0. The Bertz CT molecular complexity index is 313. The predicted molar refractivity (Wildman–Crippen MR) is 55.6 cm³/mol. The predicted octanol–water partition coefficient (Wildman–Crippen LogP) is 2.84. The van der Waals surface area contributed by atoms with Gasteiger partial charge in [-0.15, -0.1) is 6.58 Å². The van der Waals surface area contributed by atoms with Crippen molar-refractivity contribution in [1.29, 1.82) is 5.26 Å². The lowest BCUT2D eigenvalue weighted by molar-refractivity contribution is 0.0778. The lowest BCUT2D eigenvalue weighted by Crippen LogP contribution is -2.03. The fraction of sp³-hybridized carbons (Fsp3) is 0.250. The molecule has 0 amide bonds. The van der Waals surface area contributed by atoms with E-state index in [9.17, 15) is 0 Å². The molecule has 0 radical (unpaired) electrons. The van der Waals surface area contributed by atoms with Crippen molar-refractivity contribution in [2.24, 2.45) is 0 Å². The van der Waals surface area contributed by atoms with Crippen molar-refractivity contribution in [3.05, 3.63) is 48.6 Å². The van der Waals surface area contributed by atoms with Gasteiger partial charge in [0.1, 0.15) is 0 Å². The van der Waals surface area contributed by atoms with Gasteiger partial charge in [0.05, 0.1) is 25.2 Å². The quantitative estimate of drug-likeness (QED) is 0.664. The molecule has 1 aromatic rings. The Labute approximate surface area is 84.4 Å². The summed E-state index contributed by atoms with van der Waals surface area (Å²) < 4.78 is 5.48. The summed E-state index contributed by atoms with van der Waals surface area (Å²) in [6.45, 7) is 4.05. The molecule has 0 fully saturated rings. The maximum absolute atomic E-state index is 8.64.